The number of aliphatic hydroxyl groups is 1. The Bertz CT molecular complexity index is 557. The number of rotatable bonds is 6. The zero-order valence-electron chi connectivity index (χ0n) is 13.3. The largest absolute Gasteiger partial charge is 0.389 e. The van der Waals surface area contributed by atoms with E-state index in [-0.39, 0.29) is 18.4 Å². The number of nitrogens with zero attached hydrogens (tertiary/aromatic N) is 1. The summed E-state index contributed by atoms with van der Waals surface area (Å²) in [7, 11) is 0. The van der Waals surface area contributed by atoms with Crippen LogP contribution in [0.3, 0.4) is 0 Å². The van der Waals surface area contributed by atoms with Gasteiger partial charge in [0, 0.05) is 26.1 Å². The lowest BCUT2D eigenvalue weighted by atomic mass is 10.0. The third-order valence-electron chi connectivity index (χ3n) is 3.99. The van der Waals surface area contributed by atoms with Crippen molar-refractivity contribution in [3.63, 3.8) is 0 Å². The zero-order valence-corrected chi connectivity index (χ0v) is 13.3. The molecule has 2 rings (SSSR count). The molecule has 1 heterocycles. The molecule has 2 amide bonds. The van der Waals surface area contributed by atoms with Crippen molar-refractivity contribution in [2.24, 2.45) is 0 Å². The molecule has 1 aliphatic heterocycles. The van der Waals surface area contributed by atoms with Crippen LogP contribution >= 0.6 is 0 Å². The van der Waals surface area contributed by atoms with Crippen molar-refractivity contribution >= 4 is 11.8 Å². The fraction of sp³-hybridized carbons (Fsp3) is 0.529. The number of aryl methyl sites for hydroxylation is 2. The van der Waals surface area contributed by atoms with Crippen LogP contribution in [0.15, 0.2) is 18.2 Å². The highest BCUT2D eigenvalue weighted by molar-refractivity contribution is 5.79. The Balaban J connectivity index is 1.77. The minimum Gasteiger partial charge on any atom is -0.389 e. The van der Waals surface area contributed by atoms with Crippen LogP contribution in [0.5, 0.6) is 0 Å². The summed E-state index contributed by atoms with van der Waals surface area (Å²) in [4.78, 5) is 25.1. The highest BCUT2D eigenvalue weighted by Crippen LogP contribution is 2.12. The van der Waals surface area contributed by atoms with Crippen LogP contribution in [-0.2, 0) is 16.0 Å². The van der Waals surface area contributed by atoms with Crippen LogP contribution in [-0.4, -0.2) is 47.6 Å². The first-order valence-corrected chi connectivity index (χ1v) is 7.74. The van der Waals surface area contributed by atoms with Crippen molar-refractivity contribution in [3.8, 4) is 0 Å². The summed E-state index contributed by atoms with van der Waals surface area (Å²) in [5.74, 6) is -0.0266. The average molecular weight is 304 g/mol. The lowest BCUT2D eigenvalue weighted by molar-refractivity contribution is -0.128. The lowest BCUT2D eigenvalue weighted by Gasteiger charge is -2.20. The van der Waals surface area contributed by atoms with Crippen molar-refractivity contribution in [2.45, 2.75) is 39.2 Å². The fourth-order valence-corrected chi connectivity index (χ4v) is 2.67. The molecule has 0 aromatic heterocycles. The molecule has 1 aliphatic rings. The standard InChI is InChI=1S/C17H24N2O3/c1-12-5-6-13(2)14(8-12)9-16(21)18-10-15(20)11-19-7-3-4-17(19)22/h5-6,8,15,20H,3-4,7,9-11H2,1-2H3,(H,18,21). The molecule has 0 spiro atoms. The summed E-state index contributed by atoms with van der Waals surface area (Å²) in [5.41, 5.74) is 3.21. The van der Waals surface area contributed by atoms with E-state index in [0.717, 1.165) is 23.1 Å². The molecule has 0 bridgehead atoms. The normalized spacial score (nSPS) is 16.0. The van der Waals surface area contributed by atoms with E-state index in [9.17, 15) is 14.7 Å². The van der Waals surface area contributed by atoms with E-state index >= 15 is 0 Å². The second-order valence-electron chi connectivity index (χ2n) is 6.01. The van der Waals surface area contributed by atoms with Gasteiger partial charge in [-0.05, 0) is 31.4 Å². The first kappa shape index (κ1) is 16.5. The van der Waals surface area contributed by atoms with E-state index in [2.05, 4.69) is 5.32 Å². The van der Waals surface area contributed by atoms with Crippen LogP contribution in [0.25, 0.3) is 0 Å². The van der Waals surface area contributed by atoms with Gasteiger partial charge in [-0.25, -0.2) is 0 Å². The number of likely N-dealkylation sites (tertiary alicyclic amines) is 1. The van der Waals surface area contributed by atoms with E-state index < -0.39 is 6.10 Å². The van der Waals surface area contributed by atoms with Gasteiger partial charge in [0.1, 0.15) is 0 Å². The van der Waals surface area contributed by atoms with Gasteiger partial charge < -0.3 is 15.3 Å². The van der Waals surface area contributed by atoms with Crippen LogP contribution in [0, 0.1) is 13.8 Å². The van der Waals surface area contributed by atoms with Gasteiger partial charge >= 0.3 is 0 Å². The third-order valence-corrected chi connectivity index (χ3v) is 3.99. The molecular formula is C17H24N2O3. The number of benzene rings is 1. The van der Waals surface area contributed by atoms with E-state index in [0.29, 0.717) is 25.9 Å². The Morgan fingerprint density at radius 3 is 2.86 bits per heavy atom. The van der Waals surface area contributed by atoms with Crippen molar-refractivity contribution in [1.82, 2.24) is 10.2 Å². The van der Waals surface area contributed by atoms with Gasteiger partial charge in [0.05, 0.1) is 12.5 Å². The minimum absolute atomic E-state index is 0.0840. The van der Waals surface area contributed by atoms with E-state index in [1.54, 1.807) is 4.90 Å². The maximum absolute atomic E-state index is 12.0. The van der Waals surface area contributed by atoms with Crippen LogP contribution in [0.4, 0.5) is 0 Å². The molecule has 5 heteroatoms. The zero-order chi connectivity index (χ0) is 16.1. The molecule has 5 nitrogen and oxygen atoms in total. The van der Waals surface area contributed by atoms with Gasteiger partial charge in [-0.15, -0.1) is 0 Å². The molecule has 0 saturated carbocycles. The number of hydrogen-bond donors (Lipinski definition) is 2. The van der Waals surface area contributed by atoms with Crippen LogP contribution < -0.4 is 5.32 Å². The predicted molar refractivity (Wildman–Crippen MR) is 84.5 cm³/mol. The number of aliphatic hydroxyl groups excluding tert-OH is 1. The maximum Gasteiger partial charge on any atom is 0.224 e. The Labute approximate surface area is 131 Å². The quantitative estimate of drug-likeness (QED) is 0.822. The van der Waals surface area contributed by atoms with Crippen LogP contribution in [0.1, 0.15) is 29.5 Å². The van der Waals surface area contributed by atoms with Gasteiger partial charge in [0.2, 0.25) is 11.8 Å². The molecular weight excluding hydrogens is 280 g/mol. The smallest absolute Gasteiger partial charge is 0.224 e. The Morgan fingerprint density at radius 2 is 2.18 bits per heavy atom. The van der Waals surface area contributed by atoms with Crippen molar-refractivity contribution in [2.75, 3.05) is 19.6 Å². The summed E-state index contributed by atoms with van der Waals surface area (Å²) >= 11 is 0. The second kappa shape index (κ2) is 7.40. The SMILES string of the molecule is Cc1ccc(C)c(CC(=O)NCC(O)CN2CCCC2=O)c1. The highest BCUT2D eigenvalue weighted by Gasteiger charge is 2.22. The topological polar surface area (TPSA) is 69.6 Å². The highest BCUT2D eigenvalue weighted by atomic mass is 16.3. The summed E-state index contributed by atoms with van der Waals surface area (Å²) in [6.45, 7) is 5.15. The fourth-order valence-electron chi connectivity index (χ4n) is 2.67. The first-order chi connectivity index (χ1) is 10.5. The number of β-amino-alcohol motifs (C(OH)–C–C–N with tert-alkyl or cyclic N) is 1. The number of amides is 2. The minimum atomic E-state index is -0.718. The first-order valence-electron chi connectivity index (χ1n) is 7.74. The molecule has 2 N–H and O–H groups in total. The predicted octanol–water partition coefficient (Wildman–Crippen LogP) is 0.945. The number of carbonyl (C=O) groups excluding carboxylic acids is 2. The molecule has 1 saturated heterocycles. The number of hydrogen-bond acceptors (Lipinski definition) is 3. The van der Waals surface area contributed by atoms with Crippen molar-refractivity contribution in [1.29, 1.82) is 0 Å². The third kappa shape index (κ3) is 4.56. The van der Waals surface area contributed by atoms with Crippen molar-refractivity contribution in [3.05, 3.63) is 34.9 Å². The molecule has 1 fully saturated rings. The maximum atomic E-state index is 12.0. The molecule has 1 aromatic carbocycles. The molecule has 22 heavy (non-hydrogen) atoms. The molecule has 0 aliphatic carbocycles. The summed E-state index contributed by atoms with van der Waals surface area (Å²) < 4.78 is 0. The van der Waals surface area contributed by atoms with Gasteiger partial charge in [0.25, 0.3) is 0 Å². The van der Waals surface area contributed by atoms with Gasteiger partial charge in [-0.2, -0.15) is 0 Å². The van der Waals surface area contributed by atoms with Crippen LogP contribution in [0.2, 0.25) is 0 Å². The Kier molecular flexibility index (Phi) is 5.55. The van der Waals surface area contributed by atoms with E-state index in [4.69, 9.17) is 0 Å². The summed E-state index contributed by atoms with van der Waals surface area (Å²) in [6, 6.07) is 6.04. The van der Waals surface area contributed by atoms with E-state index in [1.165, 1.54) is 0 Å². The lowest BCUT2D eigenvalue weighted by Crippen LogP contribution is -2.41. The Hall–Kier alpha value is -1.88. The monoisotopic (exact) mass is 304 g/mol. The molecule has 1 atom stereocenters. The van der Waals surface area contributed by atoms with Crippen molar-refractivity contribution < 1.29 is 14.7 Å². The summed E-state index contributed by atoms with van der Waals surface area (Å²) in [5, 5.41) is 12.7. The van der Waals surface area contributed by atoms with Gasteiger partial charge in [0.15, 0.2) is 0 Å². The second-order valence-corrected chi connectivity index (χ2v) is 6.01. The molecule has 1 unspecified atom stereocenters. The number of carbonyl (C=O) groups is 2. The Morgan fingerprint density at radius 1 is 1.41 bits per heavy atom. The average Bonchev–Trinajstić information content (AvgIpc) is 2.86. The molecule has 120 valence electrons. The van der Waals surface area contributed by atoms with Gasteiger partial charge in [-0.1, -0.05) is 23.8 Å². The molecule has 1 aromatic rings. The molecule has 0 radical (unpaired) electrons. The number of nitrogens with one attached hydrogen (secondary N) is 1. The van der Waals surface area contributed by atoms with E-state index in [1.807, 2.05) is 32.0 Å². The summed E-state index contributed by atoms with van der Waals surface area (Å²) in [6.07, 6.45) is 1.00. The van der Waals surface area contributed by atoms with Gasteiger partial charge in [-0.3, -0.25) is 9.59 Å².